The number of anilines is 2. The zero-order valence-electron chi connectivity index (χ0n) is 12.4. The van der Waals surface area contributed by atoms with Gasteiger partial charge in [-0.2, -0.15) is 0 Å². The molecule has 1 heterocycles. The highest BCUT2D eigenvalue weighted by molar-refractivity contribution is 6.08. The Kier molecular flexibility index (Phi) is 3.70. The minimum atomic E-state index is -0.810. The Morgan fingerprint density at radius 2 is 1.85 bits per heavy atom. The van der Waals surface area contributed by atoms with Gasteiger partial charge >= 0.3 is 0 Å². The summed E-state index contributed by atoms with van der Waals surface area (Å²) in [6.45, 7) is 3.75. The second-order valence-corrected chi connectivity index (χ2v) is 5.54. The molecule has 1 aliphatic heterocycles. The zero-order chi connectivity index (χ0) is 14.9. The Balaban J connectivity index is 2.31. The minimum Gasteiger partial charge on any atom is -0.378 e. The second-order valence-electron chi connectivity index (χ2n) is 5.54. The van der Waals surface area contributed by atoms with Crippen molar-refractivity contribution < 1.29 is 9.59 Å². The van der Waals surface area contributed by atoms with Crippen LogP contribution < -0.4 is 15.1 Å². The molecule has 1 unspecified atom stereocenters. The molecule has 1 fully saturated rings. The predicted molar refractivity (Wildman–Crippen MR) is 80.0 cm³/mol. The number of benzene rings is 1. The molecule has 0 spiro atoms. The summed E-state index contributed by atoms with van der Waals surface area (Å²) in [5.74, 6) is -0.178. The highest BCUT2D eigenvalue weighted by Gasteiger charge is 2.42. The van der Waals surface area contributed by atoms with Crippen LogP contribution in [0.5, 0.6) is 0 Å². The van der Waals surface area contributed by atoms with Crippen molar-refractivity contribution in [2.75, 3.05) is 30.4 Å². The van der Waals surface area contributed by atoms with Crippen molar-refractivity contribution in [3.63, 3.8) is 0 Å². The van der Waals surface area contributed by atoms with Gasteiger partial charge in [-0.1, -0.05) is 6.92 Å². The smallest absolute Gasteiger partial charge is 0.252 e. The molecule has 1 aromatic rings. The number of rotatable bonds is 3. The Morgan fingerprint density at radius 3 is 2.35 bits per heavy atom. The molecule has 1 N–H and O–H groups in total. The molecule has 1 aromatic carbocycles. The maximum atomic E-state index is 12.5. The van der Waals surface area contributed by atoms with Crippen molar-refractivity contribution in [1.29, 1.82) is 0 Å². The van der Waals surface area contributed by atoms with Crippen molar-refractivity contribution >= 4 is 23.2 Å². The standard InChI is InChI=1S/C15H21N3O2/c1-5-15(2)14(20)18(10-13(19)16-15)12-8-6-11(7-9-12)17(3)4/h6-9H,5,10H2,1-4H3,(H,16,19). The molecule has 0 bridgehead atoms. The fourth-order valence-electron chi connectivity index (χ4n) is 2.29. The van der Waals surface area contributed by atoms with Crippen LogP contribution in [0.15, 0.2) is 24.3 Å². The first-order valence-electron chi connectivity index (χ1n) is 6.78. The number of nitrogens with zero attached hydrogens (tertiary/aromatic N) is 2. The van der Waals surface area contributed by atoms with E-state index in [0.717, 1.165) is 11.4 Å². The summed E-state index contributed by atoms with van der Waals surface area (Å²) in [7, 11) is 3.92. The van der Waals surface area contributed by atoms with Crippen LogP contribution in [0, 0.1) is 0 Å². The second kappa shape index (κ2) is 5.15. The van der Waals surface area contributed by atoms with Gasteiger partial charge in [-0.25, -0.2) is 0 Å². The highest BCUT2D eigenvalue weighted by Crippen LogP contribution is 2.25. The van der Waals surface area contributed by atoms with Crippen LogP contribution in [-0.2, 0) is 9.59 Å². The average molecular weight is 275 g/mol. The van der Waals surface area contributed by atoms with E-state index in [9.17, 15) is 9.59 Å². The van der Waals surface area contributed by atoms with E-state index >= 15 is 0 Å². The largest absolute Gasteiger partial charge is 0.378 e. The van der Waals surface area contributed by atoms with Gasteiger partial charge in [-0.05, 0) is 37.6 Å². The molecule has 5 nitrogen and oxygen atoms in total. The SMILES string of the molecule is CCC1(C)NC(=O)CN(c2ccc(N(C)C)cc2)C1=O. The van der Waals surface area contributed by atoms with Gasteiger partial charge in [-0.3, -0.25) is 9.59 Å². The van der Waals surface area contributed by atoms with Gasteiger partial charge in [0.05, 0.1) is 0 Å². The van der Waals surface area contributed by atoms with Crippen LogP contribution >= 0.6 is 0 Å². The summed E-state index contributed by atoms with van der Waals surface area (Å²) in [6, 6.07) is 7.64. The monoisotopic (exact) mass is 275 g/mol. The van der Waals surface area contributed by atoms with Gasteiger partial charge in [-0.15, -0.1) is 0 Å². The maximum Gasteiger partial charge on any atom is 0.252 e. The Bertz CT molecular complexity index is 524. The summed E-state index contributed by atoms with van der Waals surface area (Å²) in [5.41, 5.74) is 1.01. The first-order chi connectivity index (χ1) is 9.37. The quantitative estimate of drug-likeness (QED) is 0.907. The van der Waals surface area contributed by atoms with Gasteiger partial charge in [0.15, 0.2) is 0 Å². The van der Waals surface area contributed by atoms with Gasteiger partial charge < -0.3 is 15.1 Å². The Labute approximate surface area is 119 Å². The van der Waals surface area contributed by atoms with Crippen molar-refractivity contribution in [2.24, 2.45) is 0 Å². The van der Waals surface area contributed by atoms with E-state index in [0.29, 0.717) is 6.42 Å². The Hall–Kier alpha value is -2.04. The van der Waals surface area contributed by atoms with E-state index in [4.69, 9.17) is 0 Å². The highest BCUT2D eigenvalue weighted by atomic mass is 16.2. The first kappa shape index (κ1) is 14.4. The van der Waals surface area contributed by atoms with Gasteiger partial charge in [0, 0.05) is 25.5 Å². The van der Waals surface area contributed by atoms with E-state index in [-0.39, 0.29) is 18.4 Å². The lowest BCUT2D eigenvalue weighted by Crippen LogP contribution is -2.65. The van der Waals surface area contributed by atoms with Crippen molar-refractivity contribution in [3.05, 3.63) is 24.3 Å². The number of piperazine rings is 1. The first-order valence-corrected chi connectivity index (χ1v) is 6.78. The molecule has 108 valence electrons. The third-order valence-electron chi connectivity index (χ3n) is 3.82. The van der Waals surface area contributed by atoms with Crippen LogP contribution in [0.3, 0.4) is 0 Å². The topological polar surface area (TPSA) is 52.7 Å². The summed E-state index contributed by atoms with van der Waals surface area (Å²) >= 11 is 0. The fourth-order valence-corrected chi connectivity index (χ4v) is 2.29. The lowest BCUT2D eigenvalue weighted by atomic mass is 9.94. The van der Waals surface area contributed by atoms with Crippen LogP contribution in [0.4, 0.5) is 11.4 Å². The molecule has 1 atom stereocenters. The fraction of sp³-hybridized carbons (Fsp3) is 0.467. The molecule has 2 rings (SSSR count). The molecule has 2 amide bonds. The molecule has 0 saturated carbocycles. The number of carbonyl (C=O) groups is 2. The number of hydrogen-bond acceptors (Lipinski definition) is 3. The minimum absolute atomic E-state index is 0.0581. The number of amides is 2. The van der Waals surface area contributed by atoms with Crippen LogP contribution in [0.25, 0.3) is 0 Å². The molecule has 5 heteroatoms. The van der Waals surface area contributed by atoms with E-state index in [1.165, 1.54) is 0 Å². The van der Waals surface area contributed by atoms with Crippen LogP contribution in [0.1, 0.15) is 20.3 Å². The number of hydrogen-bond donors (Lipinski definition) is 1. The molecule has 0 radical (unpaired) electrons. The van der Waals surface area contributed by atoms with E-state index in [1.54, 1.807) is 11.8 Å². The van der Waals surface area contributed by atoms with Gasteiger partial charge in [0.25, 0.3) is 5.91 Å². The molecule has 0 aliphatic carbocycles. The van der Waals surface area contributed by atoms with E-state index < -0.39 is 5.54 Å². The van der Waals surface area contributed by atoms with Crippen LogP contribution in [0.2, 0.25) is 0 Å². The van der Waals surface area contributed by atoms with Crippen molar-refractivity contribution in [1.82, 2.24) is 5.32 Å². The lowest BCUT2D eigenvalue weighted by Gasteiger charge is -2.39. The summed E-state index contributed by atoms with van der Waals surface area (Å²) in [6.07, 6.45) is 0.573. The van der Waals surface area contributed by atoms with E-state index in [2.05, 4.69) is 5.32 Å². The molecule has 1 saturated heterocycles. The molecule has 20 heavy (non-hydrogen) atoms. The van der Waals surface area contributed by atoms with Crippen molar-refractivity contribution in [3.8, 4) is 0 Å². The normalized spacial score (nSPS) is 22.7. The maximum absolute atomic E-state index is 12.5. The molecule has 1 aliphatic rings. The molecule has 0 aromatic heterocycles. The van der Waals surface area contributed by atoms with Crippen LogP contribution in [-0.4, -0.2) is 38.0 Å². The number of nitrogens with one attached hydrogen (secondary N) is 1. The summed E-state index contributed by atoms with van der Waals surface area (Å²) < 4.78 is 0. The molecular formula is C15H21N3O2. The van der Waals surface area contributed by atoms with Gasteiger partial charge in [0.1, 0.15) is 12.1 Å². The molecular weight excluding hydrogens is 254 g/mol. The third kappa shape index (κ3) is 2.48. The summed E-state index contributed by atoms with van der Waals surface area (Å²) in [5, 5.41) is 2.78. The number of carbonyl (C=O) groups excluding carboxylic acids is 2. The summed E-state index contributed by atoms with van der Waals surface area (Å²) in [4.78, 5) is 27.9. The predicted octanol–water partition coefficient (Wildman–Crippen LogP) is 1.38. The Morgan fingerprint density at radius 1 is 1.25 bits per heavy atom. The van der Waals surface area contributed by atoms with E-state index in [1.807, 2.05) is 50.2 Å². The third-order valence-corrected chi connectivity index (χ3v) is 3.82. The zero-order valence-corrected chi connectivity index (χ0v) is 12.4. The van der Waals surface area contributed by atoms with Gasteiger partial charge in [0.2, 0.25) is 5.91 Å². The van der Waals surface area contributed by atoms with Crippen molar-refractivity contribution in [2.45, 2.75) is 25.8 Å². The lowest BCUT2D eigenvalue weighted by molar-refractivity contribution is -0.135. The average Bonchev–Trinajstić information content (AvgIpc) is 2.43.